The number of hydrogen-bond acceptors (Lipinski definition) is 1. The second kappa shape index (κ2) is 2.18. The molecule has 1 saturated carbocycles. The van der Waals surface area contributed by atoms with Crippen LogP contribution in [-0.4, -0.2) is 18.9 Å². The highest BCUT2D eigenvalue weighted by Gasteiger charge is 2.52. The van der Waals surface area contributed by atoms with E-state index in [0.717, 1.165) is 0 Å². The van der Waals surface area contributed by atoms with E-state index in [1.54, 1.807) is 0 Å². The summed E-state index contributed by atoms with van der Waals surface area (Å²) in [6.07, 6.45) is 0.164. The van der Waals surface area contributed by atoms with E-state index in [2.05, 4.69) is 5.32 Å². The quantitative estimate of drug-likeness (QED) is 0.586. The number of rotatable bonds is 1. The number of hydrogen-bond donors (Lipinski definition) is 1. The molecule has 0 aromatic heterocycles. The van der Waals surface area contributed by atoms with Gasteiger partial charge in [-0.05, 0) is 6.42 Å². The molecule has 4 heteroatoms. The molecule has 1 amide bonds. The lowest BCUT2D eigenvalue weighted by molar-refractivity contribution is -0.161. The maximum Gasteiger partial charge on any atom is 0.259 e. The van der Waals surface area contributed by atoms with Crippen LogP contribution < -0.4 is 5.32 Å². The van der Waals surface area contributed by atoms with Gasteiger partial charge in [-0.2, -0.15) is 0 Å². The van der Waals surface area contributed by atoms with Gasteiger partial charge in [0, 0.05) is 13.5 Å². The van der Waals surface area contributed by atoms with Crippen LogP contribution in [0.1, 0.15) is 12.8 Å². The Morgan fingerprint density at radius 1 is 1.70 bits per heavy atom. The highest BCUT2D eigenvalue weighted by Crippen LogP contribution is 2.43. The monoisotopic (exact) mass is 149 g/mol. The molecule has 1 atom stereocenters. The molecule has 0 bridgehead atoms. The van der Waals surface area contributed by atoms with Crippen molar-refractivity contribution in [2.45, 2.75) is 18.8 Å². The molecule has 2 nitrogen and oxygen atoms in total. The van der Waals surface area contributed by atoms with Gasteiger partial charge >= 0.3 is 0 Å². The van der Waals surface area contributed by atoms with Gasteiger partial charge in [0.05, 0.1) is 0 Å². The summed E-state index contributed by atoms with van der Waals surface area (Å²) in [5, 5.41) is 2.20. The highest BCUT2D eigenvalue weighted by atomic mass is 19.3. The van der Waals surface area contributed by atoms with Crippen LogP contribution in [0, 0.1) is 5.92 Å². The third-order valence-electron chi connectivity index (χ3n) is 1.84. The van der Waals surface area contributed by atoms with Crippen LogP contribution in [0.4, 0.5) is 8.78 Å². The van der Waals surface area contributed by atoms with Gasteiger partial charge in [-0.15, -0.1) is 0 Å². The van der Waals surface area contributed by atoms with Crippen molar-refractivity contribution in [3.05, 3.63) is 0 Å². The summed E-state index contributed by atoms with van der Waals surface area (Å²) in [4.78, 5) is 10.6. The summed E-state index contributed by atoms with van der Waals surface area (Å²) >= 11 is 0. The SMILES string of the molecule is CNC(=O)C1CCC1(F)F. The molecule has 0 aromatic rings. The van der Waals surface area contributed by atoms with Crippen LogP contribution >= 0.6 is 0 Å². The minimum atomic E-state index is -2.75. The van der Waals surface area contributed by atoms with E-state index in [9.17, 15) is 13.6 Å². The first-order chi connectivity index (χ1) is 4.58. The summed E-state index contributed by atoms with van der Waals surface area (Å²) in [5.41, 5.74) is 0. The van der Waals surface area contributed by atoms with E-state index < -0.39 is 17.7 Å². The number of alkyl halides is 2. The minimum absolute atomic E-state index is 0.148. The molecule has 1 aliphatic carbocycles. The molecule has 58 valence electrons. The number of halogens is 2. The first kappa shape index (κ1) is 7.44. The molecule has 0 heterocycles. The van der Waals surface area contributed by atoms with Crippen LogP contribution in [0.5, 0.6) is 0 Å². The van der Waals surface area contributed by atoms with Gasteiger partial charge in [0.1, 0.15) is 5.92 Å². The van der Waals surface area contributed by atoms with Gasteiger partial charge in [-0.25, -0.2) is 8.78 Å². The molecule has 0 saturated heterocycles. The van der Waals surface area contributed by atoms with E-state index in [1.165, 1.54) is 7.05 Å². The molecule has 1 rings (SSSR count). The van der Waals surface area contributed by atoms with Gasteiger partial charge in [-0.3, -0.25) is 4.79 Å². The molecule has 1 fully saturated rings. The number of nitrogens with one attached hydrogen (secondary N) is 1. The van der Waals surface area contributed by atoms with E-state index in [0.29, 0.717) is 6.42 Å². The predicted octanol–water partition coefficient (Wildman–Crippen LogP) is 0.778. The highest BCUT2D eigenvalue weighted by molar-refractivity contribution is 5.80. The topological polar surface area (TPSA) is 29.1 Å². The Kier molecular flexibility index (Phi) is 1.62. The summed E-state index contributed by atoms with van der Waals surface area (Å²) in [5.74, 6) is -4.37. The van der Waals surface area contributed by atoms with Gasteiger partial charge in [0.15, 0.2) is 0 Å². The molecule has 0 aliphatic heterocycles. The third-order valence-corrected chi connectivity index (χ3v) is 1.84. The molecule has 0 radical (unpaired) electrons. The van der Waals surface area contributed by atoms with Crippen LogP contribution in [0.25, 0.3) is 0 Å². The summed E-state index contributed by atoms with van der Waals surface area (Å²) < 4.78 is 24.8. The standard InChI is InChI=1S/C6H9F2NO/c1-9-5(10)4-2-3-6(4,7)8/h4H,2-3H2,1H3,(H,9,10). The van der Waals surface area contributed by atoms with Crippen LogP contribution in [-0.2, 0) is 4.79 Å². The Balaban J connectivity index is 2.51. The maximum absolute atomic E-state index is 12.4. The first-order valence-corrected chi connectivity index (χ1v) is 3.17. The Hall–Kier alpha value is -0.670. The largest absolute Gasteiger partial charge is 0.359 e. The van der Waals surface area contributed by atoms with Crippen molar-refractivity contribution in [2.75, 3.05) is 7.05 Å². The minimum Gasteiger partial charge on any atom is -0.359 e. The van der Waals surface area contributed by atoms with Crippen LogP contribution in [0.3, 0.4) is 0 Å². The Bertz CT molecular complexity index is 158. The van der Waals surface area contributed by atoms with Crippen LogP contribution in [0.2, 0.25) is 0 Å². The van der Waals surface area contributed by atoms with E-state index >= 15 is 0 Å². The first-order valence-electron chi connectivity index (χ1n) is 3.17. The van der Waals surface area contributed by atoms with Gasteiger partial charge in [-0.1, -0.05) is 0 Å². The second-order valence-electron chi connectivity index (χ2n) is 2.47. The van der Waals surface area contributed by atoms with E-state index in [-0.39, 0.29) is 6.42 Å². The number of amides is 1. The Morgan fingerprint density at radius 2 is 2.30 bits per heavy atom. The van der Waals surface area contributed by atoms with Crippen LogP contribution in [0.15, 0.2) is 0 Å². The molecule has 0 spiro atoms. The van der Waals surface area contributed by atoms with Crippen molar-refractivity contribution in [1.29, 1.82) is 0 Å². The molecule has 1 N–H and O–H groups in total. The number of carbonyl (C=O) groups is 1. The smallest absolute Gasteiger partial charge is 0.259 e. The van der Waals surface area contributed by atoms with Crippen molar-refractivity contribution >= 4 is 5.91 Å². The second-order valence-corrected chi connectivity index (χ2v) is 2.47. The van der Waals surface area contributed by atoms with E-state index in [4.69, 9.17) is 0 Å². The molecular formula is C6H9F2NO. The normalized spacial score (nSPS) is 28.9. The Labute approximate surface area is 57.6 Å². The zero-order valence-corrected chi connectivity index (χ0v) is 5.66. The lowest BCUT2D eigenvalue weighted by Crippen LogP contribution is -2.47. The summed E-state index contributed by atoms with van der Waals surface area (Å²) in [6, 6.07) is 0. The fourth-order valence-corrected chi connectivity index (χ4v) is 1.00. The summed E-state index contributed by atoms with van der Waals surface area (Å²) in [6.45, 7) is 0. The zero-order chi connectivity index (χ0) is 7.78. The van der Waals surface area contributed by atoms with Gasteiger partial charge in [0.25, 0.3) is 5.92 Å². The molecule has 1 unspecified atom stereocenters. The number of carbonyl (C=O) groups excluding carboxylic acids is 1. The van der Waals surface area contributed by atoms with E-state index in [1.807, 2.05) is 0 Å². The van der Waals surface area contributed by atoms with Crippen molar-refractivity contribution < 1.29 is 13.6 Å². The zero-order valence-electron chi connectivity index (χ0n) is 5.66. The van der Waals surface area contributed by atoms with Crippen molar-refractivity contribution in [3.63, 3.8) is 0 Å². The fourth-order valence-electron chi connectivity index (χ4n) is 1.00. The predicted molar refractivity (Wildman–Crippen MR) is 31.7 cm³/mol. The lowest BCUT2D eigenvalue weighted by Gasteiger charge is -2.34. The van der Waals surface area contributed by atoms with Crippen molar-refractivity contribution in [3.8, 4) is 0 Å². The third kappa shape index (κ3) is 0.978. The average molecular weight is 149 g/mol. The average Bonchev–Trinajstić information content (AvgIpc) is 1.86. The molecule has 10 heavy (non-hydrogen) atoms. The molecule has 0 aromatic carbocycles. The Morgan fingerprint density at radius 3 is 2.40 bits per heavy atom. The summed E-state index contributed by atoms with van der Waals surface area (Å²) in [7, 11) is 1.37. The van der Waals surface area contributed by atoms with Crippen molar-refractivity contribution in [1.82, 2.24) is 5.32 Å². The van der Waals surface area contributed by atoms with Crippen molar-refractivity contribution in [2.24, 2.45) is 5.92 Å². The molecular weight excluding hydrogens is 140 g/mol. The fraction of sp³-hybridized carbons (Fsp3) is 0.833. The van der Waals surface area contributed by atoms with Gasteiger partial charge < -0.3 is 5.32 Å². The lowest BCUT2D eigenvalue weighted by atomic mass is 9.80. The maximum atomic E-state index is 12.4. The van der Waals surface area contributed by atoms with Gasteiger partial charge in [0.2, 0.25) is 5.91 Å². The molecule has 1 aliphatic rings.